The number of likely N-dealkylation sites (tertiary alicyclic amines) is 1. The van der Waals surface area contributed by atoms with Gasteiger partial charge in [0.25, 0.3) is 0 Å². The van der Waals surface area contributed by atoms with Gasteiger partial charge in [-0.1, -0.05) is 32.1 Å². The lowest BCUT2D eigenvalue weighted by atomic mass is 9.62. The van der Waals surface area contributed by atoms with Crippen LogP contribution in [0.3, 0.4) is 0 Å². The quantitative estimate of drug-likeness (QED) is 0.837. The lowest BCUT2D eigenvalue weighted by Crippen LogP contribution is -2.45. The third-order valence-electron chi connectivity index (χ3n) is 7.12. The molecule has 3 fully saturated rings. The van der Waals surface area contributed by atoms with E-state index in [0.717, 1.165) is 37.3 Å². The van der Waals surface area contributed by atoms with Crippen LogP contribution in [0.2, 0.25) is 0 Å². The van der Waals surface area contributed by atoms with Gasteiger partial charge in [-0.3, -0.25) is 14.6 Å². The number of nitrogens with zero attached hydrogens (tertiary/aromatic N) is 2. The fraction of sp³-hybridized carbons (Fsp3) is 0.682. The molecule has 4 rings (SSSR count). The first-order valence-electron chi connectivity index (χ1n) is 10.6. The molecule has 1 saturated heterocycles. The molecule has 5 nitrogen and oxygen atoms in total. The van der Waals surface area contributed by atoms with Crippen molar-refractivity contribution < 1.29 is 9.59 Å². The van der Waals surface area contributed by atoms with Crippen molar-refractivity contribution >= 4 is 11.8 Å². The number of hydrogen-bond acceptors (Lipinski definition) is 3. The van der Waals surface area contributed by atoms with E-state index in [1.165, 1.54) is 32.1 Å². The minimum atomic E-state index is -0.0523. The van der Waals surface area contributed by atoms with Gasteiger partial charge in [0.05, 0.1) is 5.92 Å². The highest BCUT2D eigenvalue weighted by atomic mass is 16.2. The number of pyridine rings is 1. The molecule has 2 saturated carbocycles. The van der Waals surface area contributed by atoms with Crippen LogP contribution in [0, 0.1) is 17.3 Å². The first-order chi connectivity index (χ1) is 13.2. The van der Waals surface area contributed by atoms with Gasteiger partial charge < -0.3 is 10.2 Å². The zero-order valence-electron chi connectivity index (χ0n) is 16.2. The summed E-state index contributed by atoms with van der Waals surface area (Å²) in [6.07, 6.45) is 13.7. The Morgan fingerprint density at radius 3 is 2.56 bits per heavy atom. The summed E-state index contributed by atoms with van der Waals surface area (Å²) in [7, 11) is 0. The second-order valence-corrected chi connectivity index (χ2v) is 8.81. The highest BCUT2D eigenvalue weighted by Crippen LogP contribution is 2.52. The van der Waals surface area contributed by atoms with E-state index in [1.807, 2.05) is 17.0 Å². The molecule has 1 aromatic rings. The van der Waals surface area contributed by atoms with Crippen molar-refractivity contribution in [2.24, 2.45) is 17.3 Å². The van der Waals surface area contributed by atoms with Gasteiger partial charge >= 0.3 is 0 Å². The van der Waals surface area contributed by atoms with E-state index < -0.39 is 0 Å². The minimum absolute atomic E-state index is 0.0331. The molecule has 3 aliphatic rings. The molecule has 1 aliphatic heterocycles. The highest BCUT2D eigenvalue weighted by Gasteiger charge is 2.54. The molecule has 5 heteroatoms. The van der Waals surface area contributed by atoms with Gasteiger partial charge in [-0.15, -0.1) is 0 Å². The van der Waals surface area contributed by atoms with Crippen molar-refractivity contribution in [2.75, 3.05) is 13.1 Å². The maximum atomic E-state index is 12.9. The van der Waals surface area contributed by atoms with E-state index in [4.69, 9.17) is 0 Å². The Morgan fingerprint density at radius 1 is 1.15 bits per heavy atom. The van der Waals surface area contributed by atoms with E-state index in [-0.39, 0.29) is 23.1 Å². The average molecular weight is 370 g/mol. The third-order valence-corrected chi connectivity index (χ3v) is 7.12. The predicted molar refractivity (Wildman–Crippen MR) is 104 cm³/mol. The fourth-order valence-electron chi connectivity index (χ4n) is 5.26. The number of rotatable bonds is 6. The standard InChI is InChI=1S/C22H31N3O2/c26-20(7-6-17-4-1-2-5-17)25-15-19(22(16-25)10-3-11-22)21(27)24-14-18-8-12-23-13-9-18/h8-9,12-13,17,19H,1-7,10-11,14-16H2,(H,24,27). The zero-order chi connectivity index (χ0) is 18.7. The molecule has 1 aromatic heterocycles. The van der Waals surface area contributed by atoms with Gasteiger partial charge in [0.1, 0.15) is 0 Å². The molecule has 1 atom stereocenters. The molecule has 2 heterocycles. The summed E-state index contributed by atoms with van der Waals surface area (Å²) in [5.41, 5.74) is 1.09. The molecule has 2 aliphatic carbocycles. The molecule has 0 aromatic carbocycles. The minimum Gasteiger partial charge on any atom is -0.352 e. The van der Waals surface area contributed by atoms with Crippen LogP contribution in [-0.4, -0.2) is 34.8 Å². The SMILES string of the molecule is O=C(NCc1ccncc1)C1CN(C(=O)CCC2CCCC2)CC12CCC2. The van der Waals surface area contributed by atoms with Gasteiger partial charge in [0, 0.05) is 43.9 Å². The lowest BCUT2D eigenvalue weighted by molar-refractivity contribution is -0.131. The van der Waals surface area contributed by atoms with Crippen LogP contribution >= 0.6 is 0 Å². The first kappa shape index (κ1) is 18.5. The van der Waals surface area contributed by atoms with Crippen molar-refractivity contribution in [1.29, 1.82) is 0 Å². The maximum Gasteiger partial charge on any atom is 0.225 e. The van der Waals surface area contributed by atoms with E-state index in [0.29, 0.717) is 19.5 Å². The largest absolute Gasteiger partial charge is 0.352 e. The predicted octanol–water partition coefficient (Wildman–Crippen LogP) is 3.30. The topological polar surface area (TPSA) is 62.3 Å². The number of carbonyl (C=O) groups is 2. The van der Waals surface area contributed by atoms with Gasteiger partial charge in [0.2, 0.25) is 11.8 Å². The van der Waals surface area contributed by atoms with Gasteiger partial charge in [-0.05, 0) is 42.9 Å². The summed E-state index contributed by atoms with van der Waals surface area (Å²) in [4.78, 5) is 31.7. The molecular formula is C22H31N3O2. The van der Waals surface area contributed by atoms with Gasteiger partial charge in [-0.2, -0.15) is 0 Å². The van der Waals surface area contributed by atoms with Crippen LogP contribution in [0.4, 0.5) is 0 Å². The Hall–Kier alpha value is -1.91. The van der Waals surface area contributed by atoms with Crippen molar-refractivity contribution in [2.45, 2.75) is 64.3 Å². The van der Waals surface area contributed by atoms with Crippen LogP contribution in [0.15, 0.2) is 24.5 Å². The monoisotopic (exact) mass is 369 g/mol. The molecule has 27 heavy (non-hydrogen) atoms. The van der Waals surface area contributed by atoms with Crippen LogP contribution in [0.1, 0.15) is 63.4 Å². The summed E-state index contributed by atoms with van der Waals surface area (Å²) in [6.45, 7) is 1.92. The molecule has 0 bridgehead atoms. The van der Waals surface area contributed by atoms with Crippen LogP contribution in [0.5, 0.6) is 0 Å². The molecular weight excluding hydrogens is 338 g/mol. The van der Waals surface area contributed by atoms with E-state index in [2.05, 4.69) is 10.3 Å². The smallest absolute Gasteiger partial charge is 0.225 e. The summed E-state index contributed by atoms with van der Waals surface area (Å²) in [6, 6.07) is 3.85. The Balaban J connectivity index is 1.33. The number of aromatic nitrogens is 1. The summed E-state index contributed by atoms with van der Waals surface area (Å²) in [5.74, 6) is 1.06. The lowest BCUT2D eigenvalue weighted by Gasteiger charge is -2.41. The van der Waals surface area contributed by atoms with E-state index in [9.17, 15) is 9.59 Å². The van der Waals surface area contributed by atoms with Crippen LogP contribution in [-0.2, 0) is 16.1 Å². The van der Waals surface area contributed by atoms with Crippen LogP contribution in [0.25, 0.3) is 0 Å². The average Bonchev–Trinajstić information content (AvgIpc) is 3.32. The summed E-state index contributed by atoms with van der Waals surface area (Å²) >= 11 is 0. The molecule has 1 N–H and O–H groups in total. The normalized spacial score (nSPS) is 24.1. The molecule has 1 unspecified atom stereocenters. The first-order valence-corrected chi connectivity index (χ1v) is 10.6. The van der Waals surface area contributed by atoms with Crippen LogP contribution < -0.4 is 5.32 Å². The van der Waals surface area contributed by atoms with Gasteiger partial charge in [0.15, 0.2) is 0 Å². The summed E-state index contributed by atoms with van der Waals surface area (Å²) in [5, 5.41) is 3.10. The van der Waals surface area contributed by atoms with E-state index >= 15 is 0 Å². The Kier molecular flexibility index (Phi) is 5.46. The van der Waals surface area contributed by atoms with Crippen molar-refractivity contribution in [3.63, 3.8) is 0 Å². The Labute approximate surface area is 161 Å². The number of amides is 2. The zero-order valence-corrected chi connectivity index (χ0v) is 16.2. The number of nitrogens with one attached hydrogen (secondary N) is 1. The molecule has 2 amide bonds. The van der Waals surface area contributed by atoms with Gasteiger partial charge in [-0.25, -0.2) is 0 Å². The Morgan fingerprint density at radius 2 is 1.89 bits per heavy atom. The fourth-order valence-corrected chi connectivity index (χ4v) is 5.26. The highest BCUT2D eigenvalue weighted by molar-refractivity contribution is 5.83. The molecule has 0 radical (unpaired) electrons. The van der Waals surface area contributed by atoms with Crippen molar-refractivity contribution in [3.05, 3.63) is 30.1 Å². The molecule has 1 spiro atoms. The van der Waals surface area contributed by atoms with E-state index in [1.54, 1.807) is 12.4 Å². The van der Waals surface area contributed by atoms with Crippen molar-refractivity contribution in [3.8, 4) is 0 Å². The van der Waals surface area contributed by atoms with Crippen molar-refractivity contribution in [1.82, 2.24) is 15.2 Å². The second kappa shape index (κ2) is 7.99. The number of carbonyl (C=O) groups excluding carboxylic acids is 2. The third kappa shape index (κ3) is 4.02. The Bertz CT molecular complexity index is 665. The summed E-state index contributed by atoms with van der Waals surface area (Å²) < 4.78 is 0. The second-order valence-electron chi connectivity index (χ2n) is 8.81. The maximum absolute atomic E-state index is 12.9. The number of hydrogen-bond donors (Lipinski definition) is 1. The molecule has 146 valence electrons.